The number of carbonyl (C=O) groups excluding carboxylic acids is 2. The van der Waals surface area contributed by atoms with Crippen LogP contribution in [0.3, 0.4) is 0 Å². The number of nitrogens with zero attached hydrogens (tertiary/aromatic N) is 3. The number of aryl methyl sites for hydroxylation is 1. The lowest BCUT2D eigenvalue weighted by Crippen LogP contribution is -2.57. The normalized spacial score (nSPS) is 18.4. The highest BCUT2D eigenvalue weighted by molar-refractivity contribution is 5.97. The molecule has 1 aromatic rings. The van der Waals surface area contributed by atoms with Crippen LogP contribution in [0, 0.1) is 5.92 Å². The molecule has 128 valence electrons. The molecule has 1 saturated heterocycles. The van der Waals surface area contributed by atoms with Gasteiger partial charge in [0.05, 0.1) is 5.69 Å². The molecule has 1 aliphatic heterocycles. The fraction of sp³-hybridized carbons (Fsp3) is 0.688. The van der Waals surface area contributed by atoms with Gasteiger partial charge in [-0.1, -0.05) is 13.8 Å². The summed E-state index contributed by atoms with van der Waals surface area (Å²) in [6, 6.07) is 1.21. The maximum Gasteiger partial charge on any atom is 0.272 e. The second-order valence-corrected chi connectivity index (χ2v) is 6.25. The van der Waals surface area contributed by atoms with E-state index in [1.807, 2.05) is 13.0 Å². The molecule has 0 spiro atoms. The molecule has 1 aromatic heterocycles. The van der Waals surface area contributed by atoms with Crippen LogP contribution in [-0.2, 0) is 17.8 Å². The van der Waals surface area contributed by atoms with Crippen molar-refractivity contribution in [2.75, 3.05) is 19.7 Å². The summed E-state index contributed by atoms with van der Waals surface area (Å²) in [5.74, 6) is 0.0623. The lowest BCUT2D eigenvalue weighted by molar-refractivity contribution is -0.128. The predicted molar refractivity (Wildman–Crippen MR) is 86.0 cm³/mol. The van der Waals surface area contributed by atoms with E-state index in [1.165, 1.54) is 0 Å². The minimum absolute atomic E-state index is 0.131. The van der Waals surface area contributed by atoms with E-state index >= 15 is 0 Å². The van der Waals surface area contributed by atoms with E-state index in [2.05, 4.69) is 24.3 Å². The van der Waals surface area contributed by atoms with Crippen molar-refractivity contribution >= 4 is 11.8 Å². The molecule has 0 unspecified atom stereocenters. The molecule has 1 aliphatic rings. The van der Waals surface area contributed by atoms with E-state index in [0.29, 0.717) is 31.2 Å². The van der Waals surface area contributed by atoms with Crippen molar-refractivity contribution in [1.29, 1.82) is 0 Å². The Morgan fingerprint density at radius 3 is 2.87 bits per heavy atom. The Bertz CT molecular complexity index is 568. The van der Waals surface area contributed by atoms with Crippen molar-refractivity contribution in [3.05, 3.63) is 17.5 Å². The quantitative estimate of drug-likeness (QED) is 0.795. The number of hydrogen-bond donors (Lipinski definition) is 2. The van der Waals surface area contributed by atoms with E-state index in [1.54, 1.807) is 9.58 Å². The second-order valence-electron chi connectivity index (χ2n) is 6.25. The first-order valence-corrected chi connectivity index (χ1v) is 8.24. The predicted octanol–water partition coefficient (Wildman–Crippen LogP) is 0.425. The molecule has 23 heavy (non-hydrogen) atoms. The zero-order valence-corrected chi connectivity index (χ0v) is 14.1. The summed E-state index contributed by atoms with van der Waals surface area (Å²) in [4.78, 5) is 26.5. The average Bonchev–Trinajstić information content (AvgIpc) is 2.91. The second kappa shape index (κ2) is 7.59. The van der Waals surface area contributed by atoms with Crippen molar-refractivity contribution < 1.29 is 14.7 Å². The third-order valence-electron chi connectivity index (χ3n) is 3.96. The zero-order valence-electron chi connectivity index (χ0n) is 14.1. The van der Waals surface area contributed by atoms with Crippen molar-refractivity contribution in [3.8, 4) is 0 Å². The smallest absolute Gasteiger partial charge is 0.272 e. The van der Waals surface area contributed by atoms with E-state index in [-0.39, 0.29) is 24.8 Å². The van der Waals surface area contributed by atoms with Gasteiger partial charge in [0.1, 0.15) is 11.7 Å². The lowest BCUT2D eigenvalue weighted by atomic mass is 10.1. The third-order valence-corrected chi connectivity index (χ3v) is 3.96. The van der Waals surface area contributed by atoms with E-state index < -0.39 is 6.04 Å². The molecular formula is C16H26N4O3. The maximum absolute atomic E-state index is 12.9. The molecule has 2 rings (SSSR count). The van der Waals surface area contributed by atoms with Crippen LogP contribution in [0.2, 0.25) is 0 Å². The molecular weight excluding hydrogens is 296 g/mol. The lowest BCUT2D eigenvalue weighted by Gasteiger charge is -2.34. The zero-order chi connectivity index (χ0) is 17.0. The molecule has 0 radical (unpaired) electrons. The van der Waals surface area contributed by atoms with Gasteiger partial charge in [-0.25, -0.2) is 0 Å². The topological polar surface area (TPSA) is 87.5 Å². The van der Waals surface area contributed by atoms with Crippen LogP contribution in [0.1, 0.15) is 43.4 Å². The van der Waals surface area contributed by atoms with Gasteiger partial charge in [0.15, 0.2) is 0 Å². The Kier molecular flexibility index (Phi) is 5.76. The molecule has 7 heteroatoms. The number of piperazine rings is 1. The van der Waals surface area contributed by atoms with E-state index in [9.17, 15) is 14.7 Å². The summed E-state index contributed by atoms with van der Waals surface area (Å²) >= 11 is 0. The van der Waals surface area contributed by atoms with Crippen molar-refractivity contribution in [2.45, 2.75) is 46.2 Å². The number of aliphatic hydroxyl groups is 1. The Morgan fingerprint density at radius 1 is 1.52 bits per heavy atom. The van der Waals surface area contributed by atoms with Crippen LogP contribution in [0.15, 0.2) is 6.07 Å². The fourth-order valence-corrected chi connectivity index (χ4v) is 2.92. The summed E-state index contributed by atoms with van der Waals surface area (Å²) in [5.41, 5.74) is 1.41. The van der Waals surface area contributed by atoms with E-state index in [4.69, 9.17) is 0 Å². The van der Waals surface area contributed by atoms with Gasteiger partial charge in [-0.3, -0.25) is 14.3 Å². The molecule has 2 amide bonds. The number of carbonyl (C=O) groups is 2. The van der Waals surface area contributed by atoms with Gasteiger partial charge in [0, 0.05) is 26.2 Å². The molecule has 2 heterocycles. The SMILES string of the molecule is CCn1nc(CC(C)C)cc1C(=O)N1CCNC(=O)[C@H]1CCO. The molecule has 1 fully saturated rings. The third kappa shape index (κ3) is 3.90. The van der Waals surface area contributed by atoms with Crippen molar-refractivity contribution in [3.63, 3.8) is 0 Å². The highest BCUT2D eigenvalue weighted by Gasteiger charge is 2.34. The number of hydrogen-bond acceptors (Lipinski definition) is 4. The molecule has 7 nitrogen and oxygen atoms in total. The molecule has 0 aliphatic carbocycles. The number of amides is 2. The highest BCUT2D eigenvalue weighted by Crippen LogP contribution is 2.16. The Hall–Kier alpha value is -1.89. The standard InChI is InChI=1S/C16H26N4O3/c1-4-20-14(10-12(18-20)9-11(2)3)16(23)19-7-6-17-15(22)13(19)5-8-21/h10-11,13,21H,4-9H2,1-3H3,(H,17,22)/t13-/m1/s1. The monoisotopic (exact) mass is 322 g/mol. The first kappa shape index (κ1) is 17.5. The molecule has 0 bridgehead atoms. The summed E-state index contributed by atoms with van der Waals surface area (Å²) in [6.45, 7) is 7.51. The van der Waals surface area contributed by atoms with Crippen molar-refractivity contribution in [2.24, 2.45) is 5.92 Å². The van der Waals surface area contributed by atoms with Gasteiger partial charge in [0.25, 0.3) is 5.91 Å². The average molecular weight is 322 g/mol. The fourth-order valence-electron chi connectivity index (χ4n) is 2.92. The molecule has 0 saturated carbocycles. The van der Waals surface area contributed by atoms with Crippen LogP contribution in [0.5, 0.6) is 0 Å². The molecule has 0 aromatic carbocycles. The Labute approximate surface area is 136 Å². The summed E-state index contributed by atoms with van der Waals surface area (Å²) < 4.78 is 1.70. The van der Waals surface area contributed by atoms with Crippen molar-refractivity contribution in [1.82, 2.24) is 20.0 Å². The van der Waals surface area contributed by atoms with Crippen LogP contribution < -0.4 is 5.32 Å². The number of aliphatic hydroxyl groups excluding tert-OH is 1. The molecule has 2 N–H and O–H groups in total. The largest absolute Gasteiger partial charge is 0.396 e. The summed E-state index contributed by atoms with van der Waals surface area (Å²) in [5, 5.41) is 16.4. The van der Waals surface area contributed by atoms with Gasteiger partial charge in [-0.15, -0.1) is 0 Å². The number of aromatic nitrogens is 2. The first-order valence-electron chi connectivity index (χ1n) is 8.24. The van der Waals surface area contributed by atoms with Gasteiger partial charge < -0.3 is 15.3 Å². The van der Waals surface area contributed by atoms with Gasteiger partial charge in [-0.05, 0) is 31.7 Å². The van der Waals surface area contributed by atoms with Crippen LogP contribution in [0.4, 0.5) is 0 Å². The number of rotatable bonds is 6. The van der Waals surface area contributed by atoms with Gasteiger partial charge >= 0.3 is 0 Å². The Balaban J connectivity index is 2.27. The summed E-state index contributed by atoms with van der Waals surface area (Å²) in [7, 11) is 0. The highest BCUT2D eigenvalue weighted by atomic mass is 16.3. The van der Waals surface area contributed by atoms with Gasteiger partial charge in [-0.2, -0.15) is 5.10 Å². The van der Waals surface area contributed by atoms with Crippen LogP contribution in [-0.4, -0.2) is 57.3 Å². The number of nitrogens with one attached hydrogen (secondary N) is 1. The maximum atomic E-state index is 12.9. The van der Waals surface area contributed by atoms with Gasteiger partial charge in [0.2, 0.25) is 5.91 Å². The van der Waals surface area contributed by atoms with Crippen LogP contribution >= 0.6 is 0 Å². The first-order chi connectivity index (χ1) is 11.0. The minimum atomic E-state index is -0.616. The summed E-state index contributed by atoms with van der Waals surface area (Å²) in [6.07, 6.45) is 1.06. The van der Waals surface area contributed by atoms with Crippen LogP contribution in [0.25, 0.3) is 0 Å². The molecule has 1 atom stereocenters. The Morgan fingerprint density at radius 2 is 2.26 bits per heavy atom. The van der Waals surface area contributed by atoms with E-state index in [0.717, 1.165) is 12.1 Å². The minimum Gasteiger partial charge on any atom is -0.396 e.